The second-order valence-electron chi connectivity index (χ2n) is 4.85. The molecule has 4 heterocycles. The van der Waals surface area contributed by atoms with Gasteiger partial charge in [-0.1, -0.05) is 0 Å². The summed E-state index contributed by atoms with van der Waals surface area (Å²) in [5.41, 5.74) is 0.522. The highest BCUT2D eigenvalue weighted by atomic mass is 127. The van der Waals surface area contributed by atoms with Crippen molar-refractivity contribution >= 4 is 61.4 Å². The maximum Gasteiger partial charge on any atom is 0.258 e. The van der Waals surface area contributed by atoms with Crippen molar-refractivity contribution in [3.8, 4) is 0 Å². The van der Waals surface area contributed by atoms with Crippen molar-refractivity contribution in [3.05, 3.63) is 55.2 Å². The third-order valence-corrected chi connectivity index (χ3v) is 5.08. The molecule has 0 aromatic carbocycles. The summed E-state index contributed by atoms with van der Waals surface area (Å²) in [5.74, 6) is 0.730. The zero-order valence-corrected chi connectivity index (χ0v) is 14.7. The summed E-state index contributed by atoms with van der Waals surface area (Å²) in [7, 11) is 0. The van der Waals surface area contributed by atoms with Gasteiger partial charge < -0.3 is 10.3 Å². The van der Waals surface area contributed by atoms with E-state index < -0.39 is 0 Å². The van der Waals surface area contributed by atoms with Crippen LogP contribution in [0.2, 0.25) is 0 Å². The molecule has 2 N–H and O–H groups in total. The zero-order chi connectivity index (χ0) is 15.8. The molecule has 0 amide bonds. The Kier molecular flexibility index (Phi) is 3.69. The van der Waals surface area contributed by atoms with E-state index in [1.54, 1.807) is 36.1 Å². The Bertz CT molecular complexity index is 1060. The van der Waals surface area contributed by atoms with Gasteiger partial charge in [-0.2, -0.15) is 0 Å². The number of hydrogen-bond acceptors (Lipinski definition) is 6. The van der Waals surface area contributed by atoms with Gasteiger partial charge in [-0.3, -0.25) is 9.78 Å². The number of anilines is 1. The third kappa shape index (κ3) is 2.57. The molecule has 0 fully saturated rings. The first kappa shape index (κ1) is 14.5. The SMILES string of the molecule is O=c1[nH]cc(I)c2nc(NCc3nccs3)c3ccncc3c12. The first-order valence-corrected chi connectivity index (χ1v) is 8.77. The summed E-state index contributed by atoms with van der Waals surface area (Å²) >= 11 is 3.76. The highest BCUT2D eigenvalue weighted by Crippen LogP contribution is 2.28. The van der Waals surface area contributed by atoms with Crippen LogP contribution < -0.4 is 10.9 Å². The van der Waals surface area contributed by atoms with Gasteiger partial charge >= 0.3 is 0 Å². The lowest BCUT2D eigenvalue weighted by molar-refractivity contribution is 1.09. The monoisotopic (exact) mass is 435 g/mol. The Hall–Kier alpha value is -2.07. The van der Waals surface area contributed by atoms with Crippen LogP contribution in [0.3, 0.4) is 0 Å². The van der Waals surface area contributed by atoms with Crippen LogP contribution in [-0.4, -0.2) is 19.9 Å². The number of halogens is 1. The molecular weight excluding hydrogens is 425 g/mol. The van der Waals surface area contributed by atoms with Crippen molar-refractivity contribution in [1.82, 2.24) is 19.9 Å². The number of thiazole rings is 1. The molecule has 0 spiro atoms. The molecule has 0 aliphatic rings. The highest BCUT2D eigenvalue weighted by molar-refractivity contribution is 14.1. The van der Waals surface area contributed by atoms with Crippen molar-refractivity contribution in [2.75, 3.05) is 5.32 Å². The van der Waals surface area contributed by atoms with E-state index in [2.05, 4.69) is 47.8 Å². The normalized spacial score (nSPS) is 11.2. The minimum absolute atomic E-state index is 0.155. The number of rotatable bonds is 3. The van der Waals surface area contributed by atoms with Crippen LogP contribution in [0.15, 0.2) is 41.0 Å². The van der Waals surface area contributed by atoms with Crippen molar-refractivity contribution in [3.63, 3.8) is 0 Å². The lowest BCUT2D eigenvalue weighted by atomic mass is 10.1. The third-order valence-electron chi connectivity index (χ3n) is 3.48. The zero-order valence-electron chi connectivity index (χ0n) is 11.7. The number of nitrogens with zero attached hydrogens (tertiary/aromatic N) is 3. The predicted molar refractivity (Wildman–Crippen MR) is 99.8 cm³/mol. The van der Waals surface area contributed by atoms with E-state index in [1.165, 1.54) is 0 Å². The lowest BCUT2D eigenvalue weighted by Crippen LogP contribution is -2.10. The number of aromatic nitrogens is 4. The Morgan fingerprint density at radius 3 is 3.04 bits per heavy atom. The van der Waals surface area contributed by atoms with Crippen LogP contribution in [0.1, 0.15) is 5.01 Å². The number of aromatic amines is 1. The van der Waals surface area contributed by atoms with Gasteiger partial charge in [0, 0.05) is 40.9 Å². The molecule has 0 aliphatic heterocycles. The van der Waals surface area contributed by atoms with Gasteiger partial charge in [0.25, 0.3) is 5.56 Å². The lowest BCUT2D eigenvalue weighted by Gasteiger charge is -2.10. The number of H-pyrrole nitrogens is 1. The number of hydrogen-bond donors (Lipinski definition) is 2. The van der Waals surface area contributed by atoms with Crippen LogP contribution in [0, 0.1) is 3.57 Å². The minimum Gasteiger partial charge on any atom is -0.363 e. The van der Waals surface area contributed by atoms with Gasteiger partial charge in [0.15, 0.2) is 0 Å². The Morgan fingerprint density at radius 1 is 1.30 bits per heavy atom. The predicted octanol–water partition coefficient (Wildman–Crippen LogP) is 3.14. The summed E-state index contributed by atoms with van der Waals surface area (Å²) in [5, 5.41) is 8.48. The molecule has 0 saturated carbocycles. The molecule has 6 nitrogen and oxygen atoms in total. The van der Waals surface area contributed by atoms with E-state index in [9.17, 15) is 4.79 Å². The molecule has 23 heavy (non-hydrogen) atoms. The van der Waals surface area contributed by atoms with E-state index in [1.807, 2.05) is 11.4 Å². The Morgan fingerprint density at radius 2 is 2.22 bits per heavy atom. The average Bonchev–Trinajstić information content (AvgIpc) is 3.09. The van der Waals surface area contributed by atoms with Crippen molar-refractivity contribution in [1.29, 1.82) is 0 Å². The van der Waals surface area contributed by atoms with Crippen LogP contribution >= 0.6 is 33.9 Å². The summed E-state index contributed by atoms with van der Waals surface area (Å²) in [6, 6.07) is 1.87. The summed E-state index contributed by atoms with van der Waals surface area (Å²) in [4.78, 5) is 28.1. The molecule has 4 aromatic heterocycles. The smallest absolute Gasteiger partial charge is 0.258 e. The molecule has 0 bridgehead atoms. The standard InChI is InChI=1S/C15H10IN5OS/c16-10-6-20-15(22)12-9-5-17-2-1-8(9)14(21-13(10)12)19-7-11-18-3-4-23-11/h1-6H,7H2,(H,19,21)(H,20,22). The fourth-order valence-corrected chi connectivity index (χ4v) is 3.56. The second-order valence-corrected chi connectivity index (χ2v) is 6.99. The van der Waals surface area contributed by atoms with Gasteiger partial charge in [-0.05, 0) is 28.7 Å². The van der Waals surface area contributed by atoms with Crippen LogP contribution in [0.25, 0.3) is 21.7 Å². The number of nitrogens with one attached hydrogen (secondary N) is 2. The fourth-order valence-electron chi connectivity index (χ4n) is 2.46. The van der Waals surface area contributed by atoms with Gasteiger partial charge in [0.2, 0.25) is 0 Å². The van der Waals surface area contributed by atoms with Crippen molar-refractivity contribution in [2.45, 2.75) is 6.54 Å². The summed E-state index contributed by atoms with van der Waals surface area (Å²) < 4.78 is 0.889. The first-order valence-electron chi connectivity index (χ1n) is 6.81. The molecule has 0 atom stereocenters. The van der Waals surface area contributed by atoms with E-state index >= 15 is 0 Å². The molecule has 4 aromatic rings. The second kappa shape index (κ2) is 5.85. The van der Waals surface area contributed by atoms with E-state index in [0.29, 0.717) is 17.4 Å². The van der Waals surface area contributed by atoms with Gasteiger partial charge in [0.05, 0.1) is 21.0 Å². The van der Waals surface area contributed by atoms with Gasteiger partial charge in [0.1, 0.15) is 10.8 Å². The quantitative estimate of drug-likeness (QED) is 0.382. The maximum atomic E-state index is 12.2. The summed E-state index contributed by atoms with van der Waals surface area (Å²) in [6.45, 7) is 0.591. The van der Waals surface area contributed by atoms with Crippen LogP contribution in [-0.2, 0) is 6.54 Å². The Labute approximate surface area is 148 Å². The molecule has 8 heteroatoms. The van der Waals surface area contributed by atoms with Crippen molar-refractivity contribution < 1.29 is 0 Å². The molecule has 114 valence electrons. The van der Waals surface area contributed by atoms with E-state index in [-0.39, 0.29) is 5.56 Å². The molecule has 4 rings (SSSR count). The highest BCUT2D eigenvalue weighted by Gasteiger charge is 2.13. The average molecular weight is 435 g/mol. The molecule has 0 radical (unpaired) electrons. The van der Waals surface area contributed by atoms with Gasteiger partial charge in [-0.25, -0.2) is 9.97 Å². The Balaban J connectivity index is 1.95. The first-order chi connectivity index (χ1) is 11.2. The van der Waals surface area contributed by atoms with E-state index in [0.717, 1.165) is 25.2 Å². The van der Waals surface area contributed by atoms with Crippen LogP contribution in [0.5, 0.6) is 0 Å². The number of fused-ring (bicyclic) bond motifs is 3. The topological polar surface area (TPSA) is 83.6 Å². The fraction of sp³-hybridized carbons (Fsp3) is 0.0667. The molecule has 0 unspecified atom stereocenters. The van der Waals surface area contributed by atoms with E-state index in [4.69, 9.17) is 0 Å². The van der Waals surface area contributed by atoms with Crippen LogP contribution in [0.4, 0.5) is 5.82 Å². The van der Waals surface area contributed by atoms with Gasteiger partial charge in [-0.15, -0.1) is 11.3 Å². The minimum atomic E-state index is -0.155. The maximum absolute atomic E-state index is 12.2. The van der Waals surface area contributed by atoms with Crippen molar-refractivity contribution in [2.24, 2.45) is 0 Å². The molecule has 0 aliphatic carbocycles. The molecule has 0 saturated heterocycles. The molecular formula is C15H10IN5OS. The number of pyridine rings is 3. The largest absolute Gasteiger partial charge is 0.363 e. The summed E-state index contributed by atoms with van der Waals surface area (Å²) in [6.07, 6.45) is 6.86.